The molecule has 1 aromatic carbocycles. The third-order valence-electron chi connectivity index (χ3n) is 3.31. The predicted octanol–water partition coefficient (Wildman–Crippen LogP) is 3.49. The van der Waals surface area contributed by atoms with E-state index in [1.807, 2.05) is 6.92 Å². The average Bonchev–Trinajstić information content (AvgIpc) is 2.43. The van der Waals surface area contributed by atoms with Crippen molar-refractivity contribution in [1.82, 2.24) is 5.32 Å². The minimum atomic E-state index is -0.161. The smallest absolute Gasteiger partial charge is 0.251 e. The molecule has 0 saturated heterocycles. The normalized spacial score (nSPS) is 11.9. The second kappa shape index (κ2) is 8.46. The molecule has 20 heavy (non-hydrogen) atoms. The summed E-state index contributed by atoms with van der Waals surface area (Å²) < 4.78 is 4.96. The summed E-state index contributed by atoms with van der Waals surface area (Å²) in [6.07, 6.45) is 5.77. The maximum absolute atomic E-state index is 12.0. The zero-order valence-corrected chi connectivity index (χ0v) is 12.6. The molecule has 0 heterocycles. The van der Waals surface area contributed by atoms with Gasteiger partial charge in [0.15, 0.2) is 11.5 Å². The van der Waals surface area contributed by atoms with Gasteiger partial charge in [0, 0.05) is 11.6 Å². The van der Waals surface area contributed by atoms with Crippen LogP contribution in [0.5, 0.6) is 11.5 Å². The molecule has 0 aliphatic heterocycles. The number of unbranched alkanes of at least 4 members (excludes halogenated alkanes) is 3. The number of amides is 1. The van der Waals surface area contributed by atoms with E-state index in [0.29, 0.717) is 11.3 Å². The lowest BCUT2D eigenvalue weighted by Crippen LogP contribution is -2.32. The molecule has 1 unspecified atom stereocenters. The van der Waals surface area contributed by atoms with E-state index in [1.54, 1.807) is 12.1 Å². The number of nitrogens with one attached hydrogen (secondary N) is 1. The molecular weight excluding hydrogens is 254 g/mol. The van der Waals surface area contributed by atoms with Crippen molar-refractivity contribution in [2.75, 3.05) is 7.11 Å². The van der Waals surface area contributed by atoms with Crippen LogP contribution in [-0.2, 0) is 0 Å². The van der Waals surface area contributed by atoms with E-state index in [9.17, 15) is 9.90 Å². The number of rotatable bonds is 8. The number of methoxy groups -OCH3 is 1. The summed E-state index contributed by atoms with van der Waals surface area (Å²) in [5.74, 6) is 0.191. The Morgan fingerprint density at radius 1 is 1.35 bits per heavy atom. The largest absolute Gasteiger partial charge is 0.504 e. The zero-order chi connectivity index (χ0) is 15.0. The number of benzene rings is 1. The lowest BCUT2D eigenvalue weighted by Gasteiger charge is -2.14. The fourth-order valence-electron chi connectivity index (χ4n) is 2.09. The van der Waals surface area contributed by atoms with Gasteiger partial charge in [-0.05, 0) is 31.5 Å². The van der Waals surface area contributed by atoms with Crippen molar-refractivity contribution in [2.24, 2.45) is 0 Å². The quantitative estimate of drug-likeness (QED) is 0.716. The second-order valence-electron chi connectivity index (χ2n) is 5.11. The molecule has 0 fully saturated rings. The Bertz CT molecular complexity index is 432. The van der Waals surface area contributed by atoms with Gasteiger partial charge in [-0.15, -0.1) is 0 Å². The molecule has 112 valence electrons. The molecule has 4 heteroatoms. The average molecular weight is 279 g/mol. The predicted molar refractivity (Wildman–Crippen MR) is 80.3 cm³/mol. The Labute approximate surface area is 121 Å². The van der Waals surface area contributed by atoms with Gasteiger partial charge in [-0.1, -0.05) is 32.6 Å². The Morgan fingerprint density at radius 2 is 2.10 bits per heavy atom. The summed E-state index contributed by atoms with van der Waals surface area (Å²) in [6, 6.07) is 4.81. The van der Waals surface area contributed by atoms with Gasteiger partial charge >= 0.3 is 0 Å². The third-order valence-corrected chi connectivity index (χ3v) is 3.31. The molecule has 0 aliphatic rings. The fraction of sp³-hybridized carbons (Fsp3) is 0.562. The SMILES string of the molecule is CCCCCCC(C)NC(=O)c1ccc(OC)c(O)c1. The maximum atomic E-state index is 12.0. The Kier molecular flexibility index (Phi) is 6.91. The van der Waals surface area contributed by atoms with Gasteiger partial charge in [-0.2, -0.15) is 0 Å². The molecule has 1 rings (SSSR count). The van der Waals surface area contributed by atoms with Crippen LogP contribution in [0.1, 0.15) is 56.3 Å². The van der Waals surface area contributed by atoms with E-state index in [-0.39, 0.29) is 17.7 Å². The second-order valence-corrected chi connectivity index (χ2v) is 5.11. The Balaban J connectivity index is 2.47. The first-order valence-electron chi connectivity index (χ1n) is 7.26. The molecule has 1 atom stereocenters. The first kappa shape index (κ1) is 16.3. The monoisotopic (exact) mass is 279 g/mol. The van der Waals surface area contributed by atoms with Gasteiger partial charge in [0.2, 0.25) is 0 Å². The lowest BCUT2D eigenvalue weighted by atomic mass is 10.1. The molecule has 0 saturated carbocycles. The molecule has 1 amide bonds. The number of aromatic hydroxyl groups is 1. The molecule has 4 nitrogen and oxygen atoms in total. The van der Waals surface area contributed by atoms with Crippen molar-refractivity contribution in [2.45, 2.75) is 52.0 Å². The maximum Gasteiger partial charge on any atom is 0.251 e. The number of carbonyl (C=O) groups is 1. The molecule has 1 aromatic rings. The molecular formula is C16H25NO3. The highest BCUT2D eigenvalue weighted by Gasteiger charge is 2.12. The van der Waals surface area contributed by atoms with Crippen LogP contribution in [0.4, 0.5) is 0 Å². The first-order chi connectivity index (χ1) is 9.58. The Morgan fingerprint density at radius 3 is 2.70 bits per heavy atom. The number of ether oxygens (including phenoxy) is 1. The van der Waals surface area contributed by atoms with Crippen molar-refractivity contribution in [3.05, 3.63) is 23.8 Å². The standard InChI is InChI=1S/C16H25NO3/c1-4-5-6-7-8-12(2)17-16(19)13-9-10-15(20-3)14(18)11-13/h9-12,18H,4-8H2,1-3H3,(H,17,19). The van der Waals surface area contributed by atoms with Crippen molar-refractivity contribution >= 4 is 5.91 Å². The van der Waals surface area contributed by atoms with Crippen LogP contribution < -0.4 is 10.1 Å². The highest BCUT2D eigenvalue weighted by atomic mass is 16.5. The number of phenolic OH excluding ortho intramolecular Hbond substituents is 1. The highest BCUT2D eigenvalue weighted by molar-refractivity contribution is 5.95. The van der Waals surface area contributed by atoms with Gasteiger partial charge in [0.1, 0.15) is 0 Å². The van der Waals surface area contributed by atoms with Crippen LogP contribution in [-0.4, -0.2) is 24.2 Å². The number of phenols is 1. The van der Waals surface area contributed by atoms with Gasteiger partial charge in [0.05, 0.1) is 7.11 Å². The van der Waals surface area contributed by atoms with Crippen molar-refractivity contribution in [1.29, 1.82) is 0 Å². The van der Waals surface area contributed by atoms with E-state index in [4.69, 9.17) is 4.74 Å². The van der Waals surface area contributed by atoms with Gasteiger partial charge in [-0.25, -0.2) is 0 Å². The topological polar surface area (TPSA) is 58.6 Å². The molecule has 0 aliphatic carbocycles. The van der Waals surface area contributed by atoms with Gasteiger partial charge in [0.25, 0.3) is 5.91 Å². The zero-order valence-electron chi connectivity index (χ0n) is 12.6. The summed E-state index contributed by atoms with van der Waals surface area (Å²) >= 11 is 0. The molecule has 0 aromatic heterocycles. The van der Waals surface area contributed by atoms with E-state index in [0.717, 1.165) is 12.8 Å². The minimum Gasteiger partial charge on any atom is -0.504 e. The van der Waals surface area contributed by atoms with Crippen LogP contribution in [0.25, 0.3) is 0 Å². The molecule has 2 N–H and O–H groups in total. The lowest BCUT2D eigenvalue weighted by molar-refractivity contribution is 0.0937. The number of hydrogen-bond acceptors (Lipinski definition) is 3. The van der Waals surface area contributed by atoms with Crippen molar-refractivity contribution in [3.8, 4) is 11.5 Å². The summed E-state index contributed by atoms with van der Waals surface area (Å²) in [6.45, 7) is 4.19. The van der Waals surface area contributed by atoms with E-state index in [2.05, 4.69) is 12.2 Å². The van der Waals surface area contributed by atoms with Crippen molar-refractivity contribution in [3.63, 3.8) is 0 Å². The fourth-order valence-corrected chi connectivity index (χ4v) is 2.09. The van der Waals surface area contributed by atoms with Crippen LogP contribution in [0.2, 0.25) is 0 Å². The van der Waals surface area contributed by atoms with Crippen LogP contribution in [0.15, 0.2) is 18.2 Å². The number of carbonyl (C=O) groups excluding carboxylic acids is 1. The highest BCUT2D eigenvalue weighted by Crippen LogP contribution is 2.26. The van der Waals surface area contributed by atoms with Gasteiger partial charge < -0.3 is 15.2 Å². The number of hydrogen-bond donors (Lipinski definition) is 2. The van der Waals surface area contributed by atoms with E-state index in [1.165, 1.54) is 32.4 Å². The molecule has 0 bridgehead atoms. The first-order valence-corrected chi connectivity index (χ1v) is 7.26. The third kappa shape index (κ3) is 5.11. The summed E-state index contributed by atoms with van der Waals surface area (Å²) in [4.78, 5) is 12.0. The van der Waals surface area contributed by atoms with Crippen LogP contribution in [0, 0.1) is 0 Å². The summed E-state index contributed by atoms with van der Waals surface area (Å²) in [5.41, 5.74) is 0.448. The summed E-state index contributed by atoms with van der Waals surface area (Å²) in [7, 11) is 1.48. The van der Waals surface area contributed by atoms with E-state index >= 15 is 0 Å². The minimum absolute atomic E-state index is 0.0178. The van der Waals surface area contributed by atoms with Crippen LogP contribution in [0.3, 0.4) is 0 Å². The van der Waals surface area contributed by atoms with Crippen LogP contribution >= 0.6 is 0 Å². The van der Waals surface area contributed by atoms with Gasteiger partial charge in [-0.3, -0.25) is 4.79 Å². The Hall–Kier alpha value is -1.71. The molecule has 0 radical (unpaired) electrons. The molecule has 0 spiro atoms. The van der Waals surface area contributed by atoms with Crippen molar-refractivity contribution < 1.29 is 14.6 Å². The summed E-state index contributed by atoms with van der Waals surface area (Å²) in [5, 5.41) is 12.6. The van der Waals surface area contributed by atoms with E-state index < -0.39 is 0 Å².